The monoisotopic (exact) mass is 457 g/mol. The van der Waals surface area contributed by atoms with E-state index in [0.29, 0.717) is 10.6 Å². The molecule has 1 aliphatic rings. The van der Waals surface area contributed by atoms with Crippen LogP contribution < -0.4 is 10.1 Å². The fourth-order valence-electron chi connectivity index (χ4n) is 2.91. The highest BCUT2D eigenvalue weighted by Crippen LogP contribution is 2.39. The number of carbonyl (C=O) groups excluding carboxylic acids is 3. The van der Waals surface area contributed by atoms with Crippen LogP contribution in [0.1, 0.15) is 27.2 Å². The second-order valence-corrected chi connectivity index (χ2v) is 8.02. The maximum atomic E-state index is 12.2. The minimum Gasteiger partial charge on any atom is -0.479 e. The van der Waals surface area contributed by atoms with E-state index >= 15 is 0 Å². The summed E-state index contributed by atoms with van der Waals surface area (Å²) in [5.41, 5.74) is 1.29. The summed E-state index contributed by atoms with van der Waals surface area (Å²) in [5.74, 6) is -1.67. The maximum absolute atomic E-state index is 12.2. The number of hydrogen-bond acceptors (Lipinski definition) is 7. The van der Waals surface area contributed by atoms with Gasteiger partial charge in [0.15, 0.2) is 19.0 Å². The summed E-state index contributed by atoms with van der Waals surface area (Å²) in [4.78, 5) is 37.2. The molecule has 0 aliphatic heterocycles. The van der Waals surface area contributed by atoms with Gasteiger partial charge in [0.05, 0.1) is 22.7 Å². The second-order valence-electron chi connectivity index (χ2n) is 6.10. The van der Waals surface area contributed by atoms with Crippen molar-refractivity contribution in [3.05, 3.63) is 44.2 Å². The van der Waals surface area contributed by atoms with Gasteiger partial charge in [0, 0.05) is 4.88 Å². The van der Waals surface area contributed by atoms with Crippen molar-refractivity contribution in [1.29, 1.82) is 0 Å². The lowest BCUT2D eigenvalue weighted by atomic mass is 10.1. The Morgan fingerprint density at radius 1 is 1.14 bits per heavy atom. The minimum absolute atomic E-state index is 0.160. The molecule has 1 aromatic heterocycles. The molecule has 29 heavy (non-hydrogen) atoms. The van der Waals surface area contributed by atoms with E-state index in [9.17, 15) is 14.4 Å². The molecule has 1 aliphatic carbocycles. The molecule has 2 aromatic rings. The number of esters is 2. The first-order valence-corrected chi connectivity index (χ1v) is 10.2. The molecular formula is C19H17Cl2NO6S. The molecule has 1 heterocycles. The van der Waals surface area contributed by atoms with Gasteiger partial charge in [0.25, 0.3) is 5.91 Å². The van der Waals surface area contributed by atoms with Crippen molar-refractivity contribution in [2.45, 2.75) is 19.3 Å². The van der Waals surface area contributed by atoms with Crippen molar-refractivity contribution in [3.63, 3.8) is 0 Å². The number of anilines is 1. The lowest BCUT2D eigenvalue weighted by Crippen LogP contribution is -2.24. The van der Waals surface area contributed by atoms with Crippen molar-refractivity contribution in [1.82, 2.24) is 0 Å². The summed E-state index contributed by atoms with van der Waals surface area (Å²) < 4.78 is 15.0. The van der Waals surface area contributed by atoms with Gasteiger partial charge in [-0.15, -0.1) is 11.3 Å². The van der Waals surface area contributed by atoms with E-state index in [0.717, 1.165) is 29.7 Å². The number of carbonyl (C=O) groups is 3. The Morgan fingerprint density at radius 3 is 2.55 bits per heavy atom. The summed E-state index contributed by atoms with van der Waals surface area (Å²) >= 11 is 13.2. The molecule has 0 saturated carbocycles. The highest BCUT2D eigenvalue weighted by molar-refractivity contribution is 7.17. The zero-order chi connectivity index (χ0) is 21.0. The van der Waals surface area contributed by atoms with Crippen LogP contribution in [-0.4, -0.2) is 38.2 Å². The van der Waals surface area contributed by atoms with E-state index in [1.54, 1.807) is 18.2 Å². The fraction of sp³-hybridized carbons (Fsp3) is 0.316. The van der Waals surface area contributed by atoms with Crippen LogP contribution >= 0.6 is 34.5 Å². The predicted octanol–water partition coefficient (Wildman–Crippen LogP) is 3.89. The van der Waals surface area contributed by atoms with Crippen molar-refractivity contribution in [2.24, 2.45) is 0 Å². The third-order valence-corrected chi connectivity index (χ3v) is 5.98. The third kappa shape index (κ3) is 5.01. The summed E-state index contributed by atoms with van der Waals surface area (Å²) in [6.45, 7) is -0.987. The number of para-hydroxylation sites is 1. The molecule has 10 heteroatoms. The SMILES string of the molecule is COC(=O)c1c(NC(=O)COC(=O)COc2c(Cl)cccc2Cl)sc2c1CCC2. The molecular weight excluding hydrogens is 441 g/mol. The van der Waals surface area contributed by atoms with Gasteiger partial charge in [-0.05, 0) is 37.0 Å². The van der Waals surface area contributed by atoms with E-state index in [1.165, 1.54) is 18.4 Å². The van der Waals surface area contributed by atoms with Crippen LogP contribution in [-0.2, 0) is 31.9 Å². The van der Waals surface area contributed by atoms with E-state index in [2.05, 4.69) is 5.32 Å². The van der Waals surface area contributed by atoms with Crippen molar-refractivity contribution in [3.8, 4) is 5.75 Å². The topological polar surface area (TPSA) is 90.9 Å². The van der Waals surface area contributed by atoms with E-state index in [-0.39, 0.29) is 15.8 Å². The average molecular weight is 458 g/mol. The Labute approximate surface area is 180 Å². The summed E-state index contributed by atoms with van der Waals surface area (Å²) in [6, 6.07) is 4.78. The standard InChI is InChI=1S/C19H17Cl2NO6S/c1-26-19(25)16-10-4-2-7-13(10)29-18(16)22-14(23)8-27-15(24)9-28-17-11(20)5-3-6-12(17)21/h3,5-6H,2,4,7-9H2,1H3,(H,22,23). The van der Waals surface area contributed by atoms with Gasteiger partial charge in [0.2, 0.25) is 0 Å². The van der Waals surface area contributed by atoms with Gasteiger partial charge in [0.1, 0.15) is 5.00 Å². The van der Waals surface area contributed by atoms with Crippen LogP contribution in [0, 0.1) is 0 Å². The second kappa shape index (κ2) is 9.47. The number of aryl methyl sites for hydroxylation is 1. The van der Waals surface area contributed by atoms with E-state index in [1.807, 2.05) is 0 Å². The molecule has 7 nitrogen and oxygen atoms in total. The number of fused-ring (bicyclic) bond motifs is 1. The first kappa shape index (κ1) is 21.4. The molecule has 1 aromatic carbocycles. The van der Waals surface area contributed by atoms with Crippen LogP contribution in [0.4, 0.5) is 5.00 Å². The number of hydrogen-bond donors (Lipinski definition) is 1. The van der Waals surface area contributed by atoms with Crippen LogP contribution in [0.5, 0.6) is 5.75 Å². The quantitative estimate of drug-likeness (QED) is 0.634. The zero-order valence-corrected chi connectivity index (χ0v) is 17.7. The van der Waals surface area contributed by atoms with Gasteiger partial charge in [-0.2, -0.15) is 0 Å². The number of methoxy groups -OCH3 is 1. The van der Waals surface area contributed by atoms with Crippen LogP contribution in [0.3, 0.4) is 0 Å². The Balaban J connectivity index is 1.54. The van der Waals surface area contributed by atoms with Gasteiger partial charge < -0.3 is 19.5 Å². The van der Waals surface area contributed by atoms with Crippen LogP contribution in [0.25, 0.3) is 0 Å². The molecule has 0 unspecified atom stereocenters. The van der Waals surface area contributed by atoms with E-state index < -0.39 is 31.1 Å². The molecule has 0 bridgehead atoms. The van der Waals surface area contributed by atoms with Crippen LogP contribution in [0.15, 0.2) is 18.2 Å². The maximum Gasteiger partial charge on any atom is 0.344 e. The average Bonchev–Trinajstić information content (AvgIpc) is 3.26. The van der Waals surface area contributed by atoms with Gasteiger partial charge >= 0.3 is 11.9 Å². The van der Waals surface area contributed by atoms with Gasteiger partial charge in [-0.25, -0.2) is 9.59 Å². The molecule has 3 rings (SSSR count). The van der Waals surface area contributed by atoms with Crippen LogP contribution in [0.2, 0.25) is 10.0 Å². The lowest BCUT2D eigenvalue weighted by Gasteiger charge is -2.10. The number of benzene rings is 1. The highest BCUT2D eigenvalue weighted by Gasteiger charge is 2.28. The predicted molar refractivity (Wildman–Crippen MR) is 109 cm³/mol. The first-order valence-electron chi connectivity index (χ1n) is 8.65. The van der Waals surface area contributed by atoms with Gasteiger partial charge in [-0.1, -0.05) is 29.3 Å². The summed E-state index contributed by atoms with van der Waals surface area (Å²) in [7, 11) is 1.29. The normalized spacial score (nSPS) is 12.2. The number of amides is 1. The molecule has 0 spiro atoms. The number of halogens is 2. The molecule has 154 valence electrons. The van der Waals surface area contributed by atoms with Crippen molar-refractivity contribution < 1.29 is 28.6 Å². The zero-order valence-electron chi connectivity index (χ0n) is 15.4. The Bertz CT molecular complexity index is 938. The Morgan fingerprint density at radius 2 is 1.86 bits per heavy atom. The smallest absolute Gasteiger partial charge is 0.344 e. The minimum atomic E-state index is -0.766. The highest BCUT2D eigenvalue weighted by atomic mass is 35.5. The Hall–Kier alpha value is -2.29. The number of thiophene rings is 1. The molecule has 0 saturated heterocycles. The van der Waals surface area contributed by atoms with Crippen molar-refractivity contribution in [2.75, 3.05) is 25.6 Å². The molecule has 1 N–H and O–H groups in total. The molecule has 1 amide bonds. The molecule has 0 fully saturated rings. The number of nitrogens with one attached hydrogen (secondary N) is 1. The summed E-state index contributed by atoms with van der Waals surface area (Å²) in [5, 5.41) is 3.53. The Kier molecular flexibility index (Phi) is 7.00. The van der Waals surface area contributed by atoms with Crippen molar-refractivity contribution >= 4 is 57.4 Å². The van der Waals surface area contributed by atoms with E-state index in [4.69, 9.17) is 37.4 Å². The number of rotatable bonds is 7. The molecule has 0 radical (unpaired) electrons. The third-order valence-electron chi connectivity index (χ3n) is 4.18. The largest absolute Gasteiger partial charge is 0.479 e. The lowest BCUT2D eigenvalue weighted by molar-refractivity contribution is -0.149. The first-order chi connectivity index (χ1) is 13.9. The molecule has 0 atom stereocenters. The van der Waals surface area contributed by atoms with Gasteiger partial charge in [-0.3, -0.25) is 4.79 Å². The number of ether oxygens (including phenoxy) is 3. The fourth-order valence-corrected chi connectivity index (χ4v) is 4.71. The summed E-state index contributed by atoms with van der Waals surface area (Å²) in [6.07, 6.45) is 2.59.